The minimum atomic E-state index is 0.654. The number of hydrogen-bond acceptors (Lipinski definition) is 4. The van der Waals surface area contributed by atoms with Gasteiger partial charge in [0.15, 0.2) is 5.82 Å². The average molecular weight is 212 g/mol. The van der Waals surface area contributed by atoms with E-state index in [0.717, 1.165) is 16.7 Å². The van der Waals surface area contributed by atoms with E-state index in [2.05, 4.69) is 30.4 Å². The second-order valence-electron chi connectivity index (χ2n) is 3.27. The number of aromatic amines is 2. The zero-order chi connectivity index (χ0) is 10.8. The summed E-state index contributed by atoms with van der Waals surface area (Å²) in [5.74, 6) is 0.654. The Morgan fingerprint density at radius 1 is 0.688 bits per heavy atom. The molecule has 0 fully saturated rings. The summed E-state index contributed by atoms with van der Waals surface area (Å²) in [4.78, 5) is 8.53. The van der Waals surface area contributed by atoms with Gasteiger partial charge in [-0.3, -0.25) is 10.2 Å². The Hall–Kier alpha value is -2.50. The maximum atomic E-state index is 4.26. The Morgan fingerprint density at radius 2 is 1.31 bits per heavy atom. The molecule has 3 aromatic rings. The van der Waals surface area contributed by atoms with Gasteiger partial charge in [-0.1, -0.05) is 0 Å². The van der Waals surface area contributed by atoms with E-state index in [0.29, 0.717) is 5.82 Å². The molecule has 3 aromatic heterocycles. The highest BCUT2D eigenvalue weighted by Crippen LogP contribution is 2.17. The molecular formula is C10H8N6. The smallest absolute Gasteiger partial charge is 0.162 e. The highest BCUT2D eigenvalue weighted by Gasteiger charge is 2.03. The summed E-state index contributed by atoms with van der Waals surface area (Å²) in [5, 5.41) is 13.2. The van der Waals surface area contributed by atoms with Crippen molar-refractivity contribution in [2.75, 3.05) is 0 Å². The molecule has 6 heteroatoms. The van der Waals surface area contributed by atoms with Gasteiger partial charge in [-0.05, 0) is 0 Å². The molecule has 0 aromatic carbocycles. The van der Waals surface area contributed by atoms with Crippen LogP contribution in [0.15, 0.2) is 37.2 Å². The monoisotopic (exact) mass is 212 g/mol. The molecule has 0 spiro atoms. The van der Waals surface area contributed by atoms with Crippen LogP contribution < -0.4 is 0 Å². The lowest BCUT2D eigenvalue weighted by Gasteiger charge is -1.97. The zero-order valence-corrected chi connectivity index (χ0v) is 8.25. The Morgan fingerprint density at radius 3 is 1.88 bits per heavy atom. The molecule has 2 N–H and O–H groups in total. The first-order chi connectivity index (χ1) is 7.93. The van der Waals surface area contributed by atoms with Crippen molar-refractivity contribution in [2.45, 2.75) is 0 Å². The average Bonchev–Trinajstić information content (AvgIpc) is 3.03. The molecule has 0 aliphatic heterocycles. The molecule has 0 aliphatic rings. The molecule has 0 atom stereocenters. The van der Waals surface area contributed by atoms with Gasteiger partial charge in [-0.25, -0.2) is 9.97 Å². The van der Waals surface area contributed by atoms with Gasteiger partial charge in [0.05, 0.1) is 18.0 Å². The molecular weight excluding hydrogens is 204 g/mol. The van der Waals surface area contributed by atoms with Crippen LogP contribution in [0.25, 0.3) is 22.5 Å². The number of H-pyrrole nitrogens is 2. The molecule has 0 saturated heterocycles. The van der Waals surface area contributed by atoms with Crippen LogP contribution in [-0.4, -0.2) is 30.4 Å². The largest absolute Gasteiger partial charge is 0.285 e. The van der Waals surface area contributed by atoms with Gasteiger partial charge < -0.3 is 0 Å². The zero-order valence-electron chi connectivity index (χ0n) is 8.25. The molecule has 0 aliphatic carbocycles. The first kappa shape index (κ1) is 8.78. The molecule has 0 bridgehead atoms. The van der Waals surface area contributed by atoms with Crippen molar-refractivity contribution in [3.63, 3.8) is 0 Å². The van der Waals surface area contributed by atoms with Crippen LogP contribution in [0.5, 0.6) is 0 Å². The second-order valence-corrected chi connectivity index (χ2v) is 3.27. The Kier molecular flexibility index (Phi) is 1.96. The summed E-state index contributed by atoms with van der Waals surface area (Å²) >= 11 is 0. The van der Waals surface area contributed by atoms with E-state index in [4.69, 9.17) is 0 Å². The summed E-state index contributed by atoms with van der Waals surface area (Å²) in [6.45, 7) is 0. The van der Waals surface area contributed by atoms with Crippen LogP contribution in [-0.2, 0) is 0 Å². The first-order valence-electron chi connectivity index (χ1n) is 4.74. The fourth-order valence-corrected chi connectivity index (χ4v) is 1.41. The van der Waals surface area contributed by atoms with Gasteiger partial charge in [-0.15, -0.1) is 0 Å². The van der Waals surface area contributed by atoms with E-state index in [1.54, 1.807) is 37.2 Å². The van der Waals surface area contributed by atoms with Crippen LogP contribution >= 0.6 is 0 Å². The quantitative estimate of drug-likeness (QED) is 0.669. The van der Waals surface area contributed by atoms with Gasteiger partial charge in [0.1, 0.15) is 0 Å². The summed E-state index contributed by atoms with van der Waals surface area (Å²) in [7, 11) is 0. The fourth-order valence-electron chi connectivity index (χ4n) is 1.41. The van der Waals surface area contributed by atoms with Crippen molar-refractivity contribution in [1.82, 2.24) is 30.4 Å². The normalized spacial score (nSPS) is 10.5. The minimum absolute atomic E-state index is 0.654. The molecule has 3 heterocycles. The number of aromatic nitrogens is 6. The Bertz CT molecular complexity index is 499. The number of nitrogens with zero attached hydrogens (tertiary/aromatic N) is 4. The third kappa shape index (κ3) is 1.46. The van der Waals surface area contributed by atoms with Crippen LogP contribution in [0, 0.1) is 0 Å². The highest BCUT2D eigenvalue weighted by atomic mass is 15.1. The van der Waals surface area contributed by atoms with E-state index in [-0.39, 0.29) is 0 Å². The standard InChI is InChI=1S/C10H8N6/c1-7(8-3-13-14-4-8)2-12-10(11-1)9-5-15-16-6-9/h1-6H,(H,13,14)(H,15,16). The third-order valence-electron chi connectivity index (χ3n) is 2.24. The molecule has 6 nitrogen and oxygen atoms in total. The maximum absolute atomic E-state index is 4.26. The topological polar surface area (TPSA) is 83.1 Å². The number of hydrogen-bond donors (Lipinski definition) is 2. The molecule has 0 radical (unpaired) electrons. The van der Waals surface area contributed by atoms with Crippen LogP contribution in [0.4, 0.5) is 0 Å². The third-order valence-corrected chi connectivity index (χ3v) is 2.24. The molecule has 0 amide bonds. The van der Waals surface area contributed by atoms with Gasteiger partial charge >= 0.3 is 0 Å². The second kappa shape index (κ2) is 3.58. The van der Waals surface area contributed by atoms with Crippen molar-refractivity contribution in [2.24, 2.45) is 0 Å². The van der Waals surface area contributed by atoms with Crippen LogP contribution in [0.1, 0.15) is 0 Å². The molecule has 0 unspecified atom stereocenters. The lowest BCUT2D eigenvalue weighted by Crippen LogP contribution is -1.87. The van der Waals surface area contributed by atoms with Crippen molar-refractivity contribution in [1.29, 1.82) is 0 Å². The van der Waals surface area contributed by atoms with Crippen LogP contribution in [0.2, 0.25) is 0 Å². The summed E-state index contributed by atoms with van der Waals surface area (Å²) < 4.78 is 0. The maximum Gasteiger partial charge on any atom is 0.162 e. The van der Waals surface area contributed by atoms with Crippen molar-refractivity contribution < 1.29 is 0 Å². The summed E-state index contributed by atoms with van der Waals surface area (Å²) in [6.07, 6.45) is 10.5. The lowest BCUT2D eigenvalue weighted by atomic mass is 10.2. The van der Waals surface area contributed by atoms with E-state index in [9.17, 15) is 0 Å². The first-order valence-corrected chi connectivity index (χ1v) is 4.74. The molecule has 16 heavy (non-hydrogen) atoms. The fraction of sp³-hybridized carbons (Fsp3) is 0. The number of nitrogens with one attached hydrogen (secondary N) is 2. The van der Waals surface area contributed by atoms with Gasteiger partial charge in [0, 0.05) is 35.9 Å². The predicted molar refractivity (Wildman–Crippen MR) is 57.2 cm³/mol. The van der Waals surface area contributed by atoms with E-state index in [1.165, 1.54) is 0 Å². The summed E-state index contributed by atoms with van der Waals surface area (Å²) in [5.41, 5.74) is 2.78. The molecule has 78 valence electrons. The Labute approximate surface area is 90.8 Å². The van der Waals surface area contributed by atoms with E-state index < -0.39 is 0 Å². The lowest BCUT2D eigenvalue weighted by molar-refractivity contribution is 1.09. The van der Waals surface area contributed by atoms with Crippen molar-refractivity contribution in [3.05, 3.63) is 37.2 Å². The highest BCUT2D eigenvalue weighted by molar-refractivity contribution is 5.61. The van der Waals surface area contributed by atoms with Crippen LogP contribution in [0.3, 0.4) is 0 Å². The van der Waals surface area contributed by atoms with Gasteiger partial charge in [0.25, 0.3) is 0 Å². The number of rotatable bonds is 2. The molecule has 3 rings (SSSR count). The summed E-state index contributed by atoms with van der Waals surface area (Å²) in [6, 6.07) is 0. The van der Waals surface area contributed by atoms with Gasteiger partial charge in [-0.2, -0.15) is 10.2 Å². The minimum Gasteiger partial charge on any atom is -0.285 e. The Balaban J connectivity index is 1.97. The predicted octanol–water partition coefficient (Wildman–Crippen LogP) is 1.26. The van der Waals surface area contributed by atoms with Crippen molar-refractivity contribution in [3.8, 4) is 22.5 Å². The van der Waals surface area contributed by atoms with Crippen molar-refractivity contribution >= 4 is 0 Å². The molecule has 0 saturated carbocycles. The van der Waals surface area contributed by atoms with Gasteiger partial charge in [0.2, 0.25) is 0 Å². The van der Waals surface area contributed by atoms with E-state index >= 15 is 0 Å². The SMILES string of the molecule is c1n[nH]cc1-c1cnc(-c2cn[nH]c2)nc1. The van der Waals surface area contributed by atoms with E-state index in [1.807, 2.05) is 0 Å².